The molecule has 0 radical (unpaired) electrons. The molecule has 1 amide bonds. The van der Waals surface area contributed by atoms with Gasteiger partial charge in [-0.25, -0.2) is 0 Å². The van der Waals surface area contributed by atoms with Gasteiger partial charge in [0.25, 0.3) is 0 Å². The number of alkyl halides is 3. The van der Waals surface area contributed by atoms with Gasteiger partial charge in [0.05, 0.1) is 0 Å². The third-order valence-electron chi connectivity index (χ3n) is 4.19. The topological polar surface area (TPSA) is 20.3 Å². The van der Waals surface area contributed by atoms with E-state index in [0.29, 0.717) is 5.69 Å². The molecule has 1 rings (SSSR count). The predicted octanol–water partition coefficient (Wildman–Crippen LogP) is 6.05. The molecule has 0 saturated heterocycles. The summed E-state index contributed by atoms with van der Waals surface area (Å²) in [7, 11) is 0. The van der Waals surface area contributed by atoms with Crippen LogP contribution in [0.2, 0.25) is 29.6 Å². The van der Waals surface area contributed by atoms with Crippen molar-refractivity contribution in [1.82, 2.24) is 0 Å². The van der Waals surface area contributed by atoms with Gasteiger partial charge in [0.15, 0.2) is 0 Å². The summed E-state index contributed by atoms with van der Waals surface area (Å²) in [6.07, 6.45) is -2.75. The molecule has 26 heavy (non-hydrogen) atoms. The first-order chi connectivity index (χ1) is 11.6. The minimum atomic E-state index is -4.88. The van der Waals surface area contributed by atoms with Gasteiger partial charge >= 0.3 is 164 Å². The Morgan fingerprint density at radius 1 is 1.08 bits per heavy atom. The number of benzene rings is 1. The molecular formula is C19H30F3NOSn2. The fourth-order valence-electron chi connectivity index (χ4n) is 3.33. The van der Waals surface area contributed by atoms with Crippen molar-refractivity contribution in [2.45, 2.75) is 49.7 Å². The second kappa shape index (κ2) is 8.45. The molecule has 0 unspecified atom stereocenters. The van der Waals surface area contributed by atoms with E-state index in [1.165, 1.54) is 1.60 Å². The molecule has 1 aromatic rings. The third kappa shape index (κ3) is 6.17. The Kier molecular flexibility index (Phi) is 7.75. The normalized spacial score (nSPS) is 12.7. The molecule has 0 heterocycles. The van der Waals surface area contributed by atoms with E-state index >= 15 is 0 Å². The zero-order valence-corrected chi connectivity index (χ0v) is 22.7. The van der Waals surface area contributed by atoms with Crippen molar-refractivity contribution in [3.63, 3.8) is 0 Å². The molecule has 7 heteroatoms. The molecule has 146 valence electrons. The molecule has 0 bridgehead atoms. The summed E-state index contributed by atoms with van der Waals surface area (Å²) in [5.74, 6) is -1.81. The van der Waals surface area contributed by atoms with Gasteiger partial charge in [-0.15, -0.1) is 0 Å². The van der Waals surface area contributed by atoms with Crippen LogP contribution in [0.3, 0.4) is 0 Å². The average Bonchev–Trinajstić information content (AvgIpc) is 2.43. The zero-order chi connectivity index (χ0) is 20.5. The second-order valence-electron chi connectivity index (χ2n) is 8.67. The standard InChI is InChI=1S/C13H12F3NO.6CH3.2Sn/c1-4-10-8-9(3)6-7-11(10)17(5-2)12(18)13(14,15)16;;;;;;;;/h4,6-8H,5H2,2-3H3;6*1H3;;. The molecule has 2 nitrogen and oxygen atoms in total. The summed E-state index contributed by atoms with van der Waals surface area (Å²) in [6.45, 7) is 3.47. The number of halogens is 3. The molecule has 1 aromatic carbocycles. The number of hydrogen-bond acceptors (Lipinski definition) is 1. The average molecular weight is 583 g/mol. The van der Waals surface area contributed by atoms with Crippen LogP contribution >= 0.6 is 0 Å². The van der Waals surface area contributed by atoms with Gasteiger partial charge in [0.2, 0.25) is 0 Å². The zero-order valence-electron chi connectivity index (χ0n) is 17.0. The maximum absolute atomic E-state index is 13.0. The quantitative estimate of drug-likeness (QED) is 0.387. The van der Waals surface area contributed by atoms with Crippen LogP contribution in [0.1, 0.15) is 18.1 Å². The summed E-state index contributed by atoms with van der Waals surface area (Å²) >= 11 is -4.84. The number of aryl methyl sites for hydroxylation is 1. The van der Waals surface area contributed by atoms with Crippen LogP contribution in [0, 0.1) is 6.92 Å². The van der Waals surface area contributed by atoms with Crippen LogP contribution in [0.25, 0.3) is 6.08 Å². The molecule has 0 atom stereocenters. The summed E-state index contributed by atoms with van der Waals surface area (Å²) < 4.78 is 40.6. The van der Waals surface area contributed by atoms with Crippen molar-refractivity contribution in [3.8, 4) is 0 Å². The van der Waals surface area contributed by atoms with E-state index in [1.807, 2.05) is 13.0 Å². The fourth-order valence-corrected chi connectivity index (χ4v) is 56.2. The molecule has 0 aromatic heterocycles. The van der Waals surface area contributed by atoms with Gasteiger partial charge in [0, 0.05) is 0 Å². The molecule has 0 N–H and O–H groups in total. The molecule has 0 aliphatic carbocycles. The Morgan fingerprint density at radius 2 is 1.58 bits per heavy atom. The van der Waals surface area contributed by atoms with E-state index in [-0.39, 0.29) is 6.54 Å². The fraction of sp³-hybridized carbons (Fsp3) is 0.526. The number of rotatable bonds is 5. The monoisotopic (exact) mass is 585 g/mol. The van der Waals surface area contributed by atoms with Gasteiger partial charge in [-0.2, -0.15) is 0 Å². The van der Waals surface area contributed by atoms with Gasteiger partial charge < -0.3 is 0 Å². The van der Waals surface area contributed by atoms with Crippen LogP contribution in [-0.2, 0) is 4.79 Å². The van der Waals surface area contributed by atoms with Crippen LogP contribution in [0.4, 0.5) is 18.9 Å². The van der Waals surface area contributed by atoms with Gasteiger partial charge in [-0.3, -0.25) is 0 Å². The maximum atomic E-state index is 13.0. The van der Waals surface area contributed by atoms with Crippen molar-refractivity contribution in [1.29, 1.82) is 0 Å². The summed E-state index contributed by atoms with van der Waals surface area (Å²) in [4.78, 5) is 26.8. The second-order valence-corrected chi connectivity index (χ2v) is 41.5. The third-order valence-corrected chi connectivity index (χ3v) is 43.0. The number of carbonyl (C=O) groups is 1. The molecule has 0 spiro atoms. The van der Waals surface area contributed by atoms with Gasteiger partial charge in [-0.1, -0.05) is 0 Å². The molecule has 0 fully saturated rings. The van der Waals surface area contributed by atoms with Crippen molar-refractivity contribution < 1.29 is 18.0 Å². The SMILES string of the molecule is CCN(C(=O)C(F)(F)F)c1ccc(C)cc1C=[C]([Sn]([CH3])([CH3])[CH3])[Sn]([CH3])([CH3])[CH3]. The Hall–Kier alpha value is -0.183. The van der Waals surface area contributed by atoms with E-state index in [0.717, 1.165) is 16.0 Å². The van der Waals surface area contributed by atoms with E-state index < -0.39 is 48.8 Å². The van der Waals surface area contributed by atoms with E-state index in [1.54, 1.807) is 19.1 Å². The Morgan fingerprint density at radius 3 is 1.96 bits per heavy atom. The predicted molar refractivity (Wildman–Crippen MR) is 110 cm³/mol. The number of nitrogens with zero attached hydrogens (tertiary/aromatic N) is 1. The van der Waals surface area contributed by atoms with Crippen LogP contribution in [0.5, 0.6) is 0 Å². The molecule has 0 aliphatic heterocycles. The summed E-state index contributed by atoms with van der Waals surface area (Å²) in [6, 6.07) is 5.30. The first-order valence-corrected chi connectivity index (χ1v) is 28.8. The van der Waals surface area contributed by atoms with Crippen LogP contribution < -0.4 is 4.90 Å². The van der Waals surface area contributed by atoms with Crippen molar-refractivity contribution in [2.24, 2.45) is 0 Å². The number of amides is 1. The van der Waals surface area contributed by atoms with Gasteiger partial charge in [-0.05, 0) is 0 Å². The Labute approximate surface area is 163 Å². The number of anilines is 1. The van der Waals surface area contributed by atoms with Crippen molar-refractivity contribution >= 4 is 54.4 Å². The molecular weight excluding hydrogens is 553 g/mol. The van der Waals surface area contributed by atoms with E-state index in [9.17, 15) is 18.0 Å². The van der Waals surface area contributed by atoms with Gasteiger partial charge in [0.1, 0.15) is 0 Å². The molecule has 0 aliphatic rings. The van der Waals surface area contributed by atoms with Crippen molar-refractivity contribution in [3.05, 3.63) is 30.9 Å². The first kappa shape index (κ1) is 23.9. The molecule has 0 saturated carbocycles. The number of hydrogen-bond donors (Lipinski definition) is 0. The summed E-state index contributed by atoms with van der Waals surface area (Å²) in [5, 5.41) is 0. The van der Waals surface area contributed by atoms with Crippen LogP contribution in [-0.4, -0.2) is 55.4 Å². The Bertz CT molecular complexity index is 682. The summed E-state index contributed by atoms with van der Waals surface area (Å²) in [5.41, 5.74) is 2.06. The van der Waals surface area contributed by atoms with E-state index in [2.05, 4.69) is 35.7 Å². The first-order valence-electron chi connectivity index (χ1n) is 8.81. The Balaban J connectivity index is 3.66. The number of carbonyl (C=O) groups excluding carboxylic acids is 1. The van der Waals surface area contributed by atoms with Crippen molar-refractivity contribution in [2.75, 3.05) is 11.4 Å². The van der Waals surface area contributed by atoms with Crippen LogP contribution in [0.15, 0.2) is 19.8 Å². The minimum absolute atomic E-state index is 0.0187. The van der Waals surface area contributed by atoms with E-state index in [4.69, 9.17) is 0 Å².